The Balaban J connectivity index is 1.85. The number of anilines is 1. The fourth-order valence-electron chi connectivity index (χ4n) is 2.25. The third-order valence-electron chi connectivity index (χ3n) is 3.55. The summed E-state index contributed by atoms with van der Waals surface area (Å²) in [5.74, 6) is -0.253. The van der Waals surface area contributed by atoms with Gasteiger partial charge in [-0.2, -0.15) is 0 Å². The van der Waals surface area contributed by atoms with E-state index in [1.165, 1.54) is 43.5 Å². The zero-order valence-electron chi connectivity index (χ0n) is 13.6. The molecule has 0 aliphatic heterocycles. The molecule has 0 aliphatic rings. The summed E-state index contributed by atoms with van der Waals surface area (Å²) in [4.78, 5) is 12.4. The van der Waals surface area contributed by atoms with Gasteiger partial charge in [0.05, 0.1) is 17.7 Å². The normalized spacial score (nSPS) is 11.2. The van der Waals surface area contributed by atoms with Crippen LogP contribution in [0.25, 0.3) is 0 Å². The highest BCUT2D eigenvalue weighted by molar-refractivity contribution is 7.91. The van der Waals surface area contributed by atoms with Gasteiger partial charge in [-0.25, -0.2) is 8.42 Å². The van der Waals surface area contributed by atoms with Crippen LogP contribution in [0.1, 0.15) is 10.6 Å². The van der Waals surface area contributed by atoms with E-state index in [1.807, 2.05) is 0 Å². The van der Waals surface area contributed by atoms with Crippen molar-refractivity contribution in [2.24, 2.45) is 0 Å². The molecule has 0 spiro atoms. The second-order valence-electron chi connectivity index (χ2n) is 5.23. The Morgan fingerprint density at radius 1 is 1.04 bits per heavy atom. The van der Waals surface area contributed by atoms with Gasteiger partial charge in [0.15, 0.2) is 5.76 Å². The molecule has 6 nitrogen and oxygen atoms in total. The van der Waals surface area contributed by atoms with Gasteiger partial charge in [-0.05, 0) is 48.5 Å². The number of methoxy groups -OCH3 is 1. The molecule has 134 valence electrons. The van der Waals surface area contributed by atoms with Crippen LogP contribution in [0, 0.1) is 0 Å². The number of carbonyl (C=O) groups excluding carboxylic acids is 1. The fraction of sp³-hybridized carbons (Fsp3) is 0.0556. The molecule has 2 aromatic carbocycles. The average Bonchev–Trinajstić information content (AvgIpc) is 3.14. The molecule has 1 N–H and O–H groups in total. The lowest BCUT2D eigenvalue weighted by molar-refractivity contribution is 0.0991. The van der Waals surface area contributed by atoms with E-state index in [4.69, 9.17) is 20.8 Å². The first-order valence-electron chi connectivity index (χ1n) is 7.46. The minimum absolute atomic E-state index is 0.0212. The SMILES string of the molecule is COc1ccccc1NC(=O)c1ccc(S(=O)(=O)c2ccc(Cl)cc2)o1. The maximum atomic E-state index is 12.6. The van der Waals surface area contributed by atoms with Gasteiger partial charge in [0.2, 0.25) is 14.9 Å². The molecule has 26 heavy (non-hydrogen) atoms. The largest absolute Gasteiger partial charge is 0.495 e. The first kappa shape index (κ1) is 18.0. The van der Waals surface area contributed by atoms with Gasteiger partial charge in [0.1, 0.15) is 5.75 Å². The number of sulfone groups is 1. The lowest BCUT2D eigenvalue weighted by Crippen LogP contribution is -2.11. The van der Waals surface area contributed by atoms with Gasteiger partial charge in [-0.15, -0.1) is 0 Å². The highest BCUT2D eigenvalue weighted by Gasteiger charge is 2.24. The molecule has 1 heterocycles. The van der Waals surface area contributed by atoms with Crippen LogP contribution >= 0.6 is 11.6 Å². The zero-order chi connectivity index (χ0) is 18.7. The van der Waals surface area contributed by atoms with Crippen LogP contribution in [-0.4, -0.2) is 21.4 Å². The van der Waals surface area contributed by atoms with Gasteiger partial charge in [0, 0.05) is 5.02 Å². The number of ether oxygens (including phenoxy) is 1. The molecular weight excluding hydrogens is 378 g/mol. The number of benzene rings is 2. The summed E-state index contributed by atoms with van der Waals surface area (Å²) in [5.41, 5.74) is 0.443. The molecule has 1 amide bonds. The summed E-state index contributed by atoms with van der Waals surface area (Å²) in [5, 5.41) is 2.71. The van der Waals surface area contributed by atoms with Crippen molar-refractivity contribution in [1.29, 1.82) is 0 Å². The van der Waals surface area contributed by atoms with Crippen molar-refractivity contribution in [1.82, 2.24) is 0 Å². The Hall–Kier alpha value is -2.77. The molecule has 0 saturated heterocycles. The predicted molar refractivity (Wildman–Crippen MR) is 96.6 cm³/mol. The van der Waals surface area contributed by atoms with Gasteiger partial charge < -0.3 is 14.5 Å². The number of hydrogen-bond acceptors (Lipinski definition) is 5. The number of halogens is 1. The van der Waals surface area contributed by atoms with Crippen molar-refractivity contribution in [3.8, 4) is 5.75 Å². The lowest BCUT2D eigenvalue weighted by atomic mass is 10.3. The Morgan fingerprint density at radius 2 is 1.73 bits per heavy atom. The van der Waals surface area contributed by atoms with Gasteiger partial charge in [-0.3, -0.25) is 4.79 Å². The quantitative estimate of drug-likeness (QED) is 0.709. The first-order valence-corrected chi connectivity index (χ1v) is 9.33. The van der Waals surface area contributed by atoms with Crippen molar-refractivity contribution < 1.29 is 22.4 Å². The fourth-order valence-corrected chi connectivity index (χ4v) is 3.55. The van der Waals surface area contributed by atoms with Gasteiger partial charge in [0.25, 0.3) is 5.91 Å². The van der Waals surface area contributed by atoms with E-state index in [1.54, 1.807) is 24.3 Å². The summed E-state index contributed by atoms with van der Waals surface area (Å²) >= 11 is 5.77. The molecule has 0 bridgehead atoms. The van der Waals surface area contributed by atoms with E-state index < -0.39 is 15.7 Å². The van der Waals surface area contributed by atoms with Crippen molar-refractivity contribution in [3.05, 3.63) is 71.4 Å². The van der Waals surface area contributed by atoms with Crippen LogP contribution in [0.5, 0.6) is 5.75 Å². The summed E-state index contributed by atoms with van der Waals surface area (Å²) in [6.45, 7) is 0. The molecule has 0 atom stereocenters. The topological polar surface area (TPSA) is 85.6 Å². The molecule has 0 aliphatic carbocycles. The third-order valence-corrected chi connectivity index (χ3v) is 5.44. The highest BCUT2D eigenvalue weighted by atomic mass is 35.5. The number of amides is 1. The molecule has 0 fully saturated rings. The van der Waals surface area contributed by atoms with Crippen LogP contribution < -0.4 is 10.1 Å². The summed E-state index contributed by atoms with van der Waals surface area (Å²) in [6, 6.07) is 15.0. The van der Waals surface area contributed by atoms with Crippen molar-refractivity contribution in [3.63, 3.8) is 0 Å². The van der Waals surface area contributed by atoms with E-state index in [2.05, 4.69) is 5.32 Å². The number of para-hydroxylation sites is 2. The van der Waals surface area contributed by atoms with Gasteiger partial charge in [-0.1, -0.05) is 23.7 Å². The van der Waals surface area contributed by atoms with E-state index in [-0.39, 0.29) is 15.7 Å². The van der Waals surface area contributed by atoms with E-state index in [0.29, 0.717) is 16.5 Å². The molecular formula is C18H14ClNO5S. The van der Waals surface area contributed by atoms with Crippen LogP contribution in [0.2, 0.25) is 5.02 Å². The second kappa shape index (κ2) is 7.23. The highest BCUT2D eigenvalue weighted by Crippen LogP contribution is 2.26. The van der Waals surface area contributed by atoms with Crippen molar-refractivity contribution in [2.45, 2.75) is 9.99 Å². The first-order chi connectivity index (χ1) is 12.4. The zero-order valence-corrected chi connectivity index (χ0v) is 15.2. The van der Waals surface area contributed by atoms with Gasteiger partial charge >= 0.3 is 0 Å². The molecule has 0 radical (unpaired) electrons. The minimum Gasteiger partial charge on any atom is -0.495 e. The molecule has 0 saturated carbocycles. The molecule has 3 aromatic rings. The number of hydrogen-bond donors (Lipinski definition) is 1. The summed E-state index contributed by atoms with van der Waals surface area (Å²) < 4.78 is 35.5. The standard InChI is InChI=1S/C18H14ClNO5S/c1-24-15-5-3-2-4-14(15)20-18(21)16-10-11-17(25-16)26(22,23)13-8-6-12(19)7-9-13/h2-11H,1H3,(H,20,21). The maximum absolute atomic E-state index is 12.6. The molecule has 1 aromatic heterocycles. The number of nitrogens with one attached hydrogen (secondary N) is 1. The summed E-state index contributed by atoms with van der Waals surface area (Å²) in [6.07, 6.45) is 0. The second-order valence-corrected chi connectivity index (χ2v) is 7.55. The van der Waals surface area contributed by atoms with Crippen LogP contribution in [0.3, 0.4) is 0 Å². The van der Waals surface area contributed by atoms with E-state index in [9.17, 15) is 13.2 Å². The number of furan rings is 1. The third kappa shape index (κ3) is 3.58. The Morgan fingerprint density at radius 3 is 2.42 bits per heavy atom. The van der Waals surface area contributed by atoms with Crippen LogP contribution in [0.15, 0.2) is 75.1 Å². The molecule has 3 rings (SSSR count). The van der Waals surface area contributed by atoms with Crippen LogP contribution in [-0.2, 0) is 9.84 Å². The summed E-state index contributed by atoms with van der Waals surface area (Å²) in [7, 11) is -2.40. The average molecular weight is 392 g/mol. The van der Waals surface area contributed by atoms with E-state index in [0.717, 1.165) is 0 Å². The Bertz CT molecular complexity index is 1040. The maximum Gasteiger partial charge on any atom is 0.291 e. The van der Waals surface area contributed by atoms with Crippen molar-refractivity contribution >= 4 is 33.0 Å². The lowest BCUT2D eigenvalue weighted by Gasteiger charge is -2.08. The van der Waals surface area contributed by atoms with Crippen LogP contribution in [0.4, 0.5) is 5.69 Å². The molecule has 0 unspecified atom stereocenters. The smallest absolute Gasteiger partial charge is 0.291 e. The van der Waals surface area contributed by atoms with Crippen molar-refractivity contribution in [2.75, 3.05) is 12.4 Å². The van der Waals surface area contributed by atoms with E-state index >= 15 is 0 Å². The minimum atomic E-state index is -3.88. The molecule has 8 heteroatoms. The monoisotopic (exact) mass is 391 g/mol. The number of rotatable bonds is 5. The Labute approximate surface area is 155 Å². The Kier molecular flexibility index (Phi) is 5.01. The predicted octanol–water partition coefficient (Wildman–Crippen LogP) is 4.03. The number of carbonyl (C=O) groups is 1.